The van der Waals surface area contributed by atoms with Gasteiger partial charge in [0.25, 0.3) is 0 Å². The van der Waals surface area contributed by atoms with Gasteiger partial charge in [0, 0.05) is 6.61 Å². The summed E-state index contributed by atoms with van der Waals surface area (Å²) in [6, 6.07) is 16.4. The third-order valence-electron chi connectivity index (χ3n) is 6.38. The summed E-state index contributed by atoms with van der Waals surface area (Å²) in [7, 11) is 0. The van der Waals surface area contributed by atoms with Gasteiger partial charge in [-0.3, -0.25) is 0 Å². The van der Waals surface area contributed by atoms with Gasteiger partial charge in [-0.15, -0.1) is 0 Å². The van der Waals surface area contributed by atoms with Crippen molar-refractivity contribution in [3.05, 3.63) is 59.2 Å². The Labute approximate surface area is 165 Å². The van der Waals surface area contributed by atoms with Crippen LogP contribution < -0.4 is 0 Å². The van der Waals surface area contributed by atoms with Crippen LogP contribution in [0.15, 0.2) is 42.5 Å². The smallest absolute Gasteiger partial charge is 0.0431 e. The summed E-state index contributed by atoms with van der Waals surface area (Å²) in [5, 5.41) is 8.92. The van der Waals surface area contributed by atoms with E-state index < -0.39 is 0 Å². The Balaban J connectivity index is 1.69. The van der Waals surface area contributed by atoms with E-state index in [1.165, 1.54) is 53.5 Å². The van der Waals surface area contributed by atoms with E-state index in [0.717, 1.165) is 43.9 Å². The Morgan fingerprint density at radius 1 is 0.889 bits per heavy atom. The van der Waals surface area contributed by atoms with Crippen molar-refractivity contribution >= 4 is 0 Å². The highest BCUT2D eigenvalue weighted by Gasteiger charge is 2.19. The molecule has 1 fully saturated rings. The van der Waals surface area contributed by atoms with Crippen molar-refractivity contribution < 1.29 is 5.11 Å². The fourth-order valence-electron chi connectivity index (χ4n) is 4.52. The van der Waals surface area contributed by atoms with Crippen LogP contribution in [-0.4, -0.2) is 11.7 Å². The minimum atomic E-state index is 0.315. The van der Waals surface area contributed by atoms with Crippen molar-refractivity contribution in [3.8, 4) is 11.1 Å². The number of hydrogen-bond donors (Lipinski definition) is 1. The molecule has 3 rings (SSSR count). The molecule has 2 aromatic rings. The Bertz CT molecular complexity index is 693. The molecule has 0 amide bonds. The van der Waals surface area contributed by atoms with Crippen LogP contribution >= 0.6 is 0 Å². The molecule has 0 radical (unpaired) electrons. The number of aliphatic hydroxyl groups excluding tert-OH is 1. The first-order valence-electron chi connectivity index (χ1n) is 11.0. The van der Waals surface area contributed by atoms with Crippen molar-refractivity contribution in [1.82, 2.24) is 0 Å². The fourth-order valence-corrected chi connectivity index (χ4v) is 4.52. The summed E-state index contributed by atoms with van der Waals surface area (Å²) in [6.45, 7) is 4.96. The molecule has 0 atom stereocenters. The van der Waals surface area contributed by atoms with Crippen LogP contribution in [0.5, 0.6) is 0 Å². The van der Waals surface area contributed by atoms with Crippen LogP contribution in [0, 0.1) is 5.92 Å². The minimum absolute atomic E-state index is 0.315. The van der Waals surface area contributed by atoms with Crippen molar-refractivity contribution in [3.63, 3.8) is 0 Å². The van der Waals surface area contributed by atoms with Gasteiger partial charge in [0.05, 0.1) is 0 Å². The first kappa shape index (κ1) is 20.1. The van der Waals surface area contributed by atoms with Crippen LogP contribution in [0.1, 0.15) is 81.4 Å². The SMILES string of the molecule is CCc1cc(CCCCCO)ccc1-c1ccc(C2CCC(C)CC2)cc1. The number of aliphatic hydroxyl groups is 1. The van der Waals surface area contributed by atoms with Crippen LogP contribution in [0.3, 0.4) is 0 Å². The highest BCUT2D eigenvalue weighted by molar-refractivity contribution is 5.68. The predicted molar refractivity (Wildman–Crippen MR) is 116 cm³/mol. The average molecular weight is 365 g/mol. The molecule has 0 saturated heterocycles. The molecule has 146 valence electrons. The fraction of sp³-hybridized carbons (Fsp3) is 0.538. The van der Waals surface area contributed by atoms with E-state index in [9.17, 15) is 0 Å². The molecule has 2 aromatic carbocycles. The number of unbranched alkanes of at least 4 members (excludes halogenated alkanes) is 2. The molecule has 1 aliphatic carbocycles. The lowest BCUT2D eigenvalue weighted by Crippen LogP contribution is -2.10. The zero-order valence-electron chi connectivity index (χ0n) is 17.2. The van der Waals surface area contributed by atoms with Gasteiger partial charge in [-0.05, 0) is 78.2 Å². The van der Waals surface area contributed by atoms with E-state index in [0.29, 0.717) is 6.61 Å². The topological polar surface area (TPSA) is 20.2 Å². The molecule has 0 heterocycles. The molecule has 0 spiro atoms. The molecule has 1 aliphatic rings. The largest absolute Gasteiger partial charge is 0.396 e. The second kappa shape index (κ2) is 10.1. The standard InChI is InChI=1S/C26H36O/c1-3-22-19-21(7-5-4-6-18-27)10-17-26(22)25-15-13-24(14-16-25)23-11-8-20(2)9-12-23/h10,13-17,19-20,23,27H,3-9,11-12,18H2,1-2H3. The molecule has 0 bridgehead atoms. The molecule has 0 aliphatic heterocycles. The summed E-state index contributed by atoms with van der Waals surface area (Å²) in [5.41, 5.74) is 7.16. The van der Waals surface area contributed by atoms with Gasteiger partial charge in [0.15, 0.2) is 0 Å². The monoisotopic (exact) mass is 364 g/mol. The summed E-state index contributed by atoms with van der Waals surface area (Å²) >= 11 is 0. The lowest BCUT2D eigenvalue weighted by Gasteiger charge is -2.26. The molecular formula is C26H36O. The number of aryl methyl sites for hydroxylation is 2. The lowest BCUT2D eigenvalue weighted by molar-refractivity contribution is 0.283. The van der Waals surface area contributed by atoms with Gasteiger partial charge in [0.2, 0.25) is 0 Å². The first-order chi connectivity index (χ1) is 13.2. The Morgan fingerprint density at radius 2 is 1.63 bits per heavy atom. The van der Waals surface area contributed by atoms with E-state index in [4.69, 9.17) is 5.11 Å². The Morgan fingerprint density at radius 3 is 2.30 bits per heavy atom. The van der Waals surface area contributed by atoms with E-state index in [-0.39, 0.29) is 0 Å². The van der Waals surface area contributed by atoms with Gasteiger partial charge >= 0.3 is 0 Å². The molecule has 0 aromatic heterocycles. The number of rotatable bonds is 8. The summed E-state index contributed by atoms with van der Waals surface area (Å²) < 4.78 is 0. The summed E-state index contributed by atoms with van der Waals surface area (Å²) in [6.07, 6.45) is 10.9. The molecule has 0 unspecified atom stereocenters. The van der Waals surface area contributed by atoms with E-state index in [2.05, 4.69) is 56.3 Å². The first-order valence-corrected chi connectivity index (χ1v) is 11.0. The van der Waals surface area contributed by atoms with Crippen LogP contribution in [-0.2, 0) is 12.8 Å². The van der Waals surface area contributed by atoms with E-state index in [1.807, 2.05) is 0 Å². The normalized spacial score (nSPS) is 20.0. The molecule has 27 heavy (non-hydrogen) atoms. The highest BCUT2D eigenvalue weighted by atomic mass is 16.2. The van der Waals surface area contributed by atoms with Crippen LogP contribution in [0.25, 0.3) is 11.1 Å². The van der Waals surface area contributed by atoms with Gasteiger partial charge < -0.3 is 5.11 Å². The maximum absolute atomic E-state index is 8.92. The minimum Gasteiger partial charge on any atom is -0.396 e. The zero-order chi connectivity index (χ0) is 19.1. The molecular weight excluding hydrogens is 328 g/mol. The molecule has 1 heteroatoms. The van der Waals surface area contributed by atoms with E-state index >= 15 is 0 Å². The van der Waals surface area contributed by atoms with Crippen LogP contribution in [0.4, 0.5) is 0 Å². The quantitative estimate of drug-likeness (QED) is 0.504. The predicted octanol–water partition coefficient (Wildman–Crippen LogP) is 6.91. The van der Waals surface area contributed by atoms with Gasteiger partial charge in [-0.25, -0.2) is 0 Å². The third kappa shape index (κ3) is 5.45. The van der Waals surface area contributed by atoms with Crippen molar-refractivity contribution in [2.75, 3.05) is 6.61 Å². The van der Waals surface area contributed by atoms with Crippen molar-refractivity contribution in [2.45, 2.75) is 77.6 Å². The van der Waals surface area contributed by atoms with E-state index in [1.54, 1.807) is 0 Å². The molecule has 1 nitrogen and oxygen atoms in total. The lowest BCUT2D eigenvalue weighted by atomic mass is 9.79. The Kier molecular flexibility index (Phi) is 7.52. The summed E-state index contributed by atoms with van der Waals surface area (Å²) in [5.74, 6) is 1.68. The number of benzene rings is 2. The van der Waals surface area contributed by atoms with Gasteiger partial charge in [-0.2, -0.15) is 0 Å². The second-order valence-electron chi connectivity index (χ2n) is 8.46. The van der Waals surface area contributed by atoms with Crippen molar-refractivity contribution in [1.29, 1.82) is 0 Å². The maximum Gasteiger partial charge on any atom is 0.0431 e. The van der Waals surface area contributed by atoms with Crippen LogP contribution in [0.2, 0.25) is 0 Å². The van der Waals surface area contributed by atoms with Gasteiger partial charge in [-0.1, -0.05) is 75.6 Å². The second-order valence-corrected chi connectivity index (χ2v) is 8.46. The highest BCUT2D eigenvalue weighted by Crippen LogP contribution is 2.36. The van der Waals surface area contributed by atoms with Gasteiger partial charge in [0.1, 0.15) is 0 Å². The summed E-state index contributed by atoms with van der Waals surface area (Å²) in [4.78, 5) is 0. The number of hydrogen-bond acceptors (Lipinski definition) is 1. The maximum atomic E-state index is 8.92. The Hall–Kier alpha value is -1.60. The molecule has 1 saturated carbocycles. The zero-order valence-corrected chi connectivity index (χ0v) is 17.2. The molecule has 1 N–H and O–H groups in total. The average Bonchev–Trinajstić information content (AvgIpc) is 2.72. The third-order valence-corrected chi connectivity index (χ3v) is 6.38. The van der Waals surface area contributed by atoms with Crippen molar-refractivity contribution in [2.24, 2.45) is 5.92 Å².